The maximum atomic E-state index is 13.2. The maximum Gasteiger partial charge on any atom is 0.408 e. The summed E-state index contributed by atoms with van der Waals surface area (Å²) in [5, 5.41) is 15.2. The number of hydrogen-bond acceptors (Lipinski definition) is 5. The third kappa shape index (κ3) is 4.27. The van der Waals surface area contributed by atoms with E-state index in [0.29, 0.717) is 38.9 Å². The van der Waals surface area contributed by atoms with Gasteiger partial charge in [0.25, 0.3) is 0 Å². The molecule has 8 heteroatoms. The summed E-state index contributed by atoms with van der Waals surface area (Å²) in [6.07, 6.45) is 1.84. The Morgan fingerprint density at radius 1 is 0.943 bits per heavy atom. The van der Waals surface area contributed by atoms with Gasteiger partial charge in [0, 0.05) is 38.5 Å². The average Bonchev–Trinajstić information content (AvgIpc) is 3.16. The standard InChI is InChI=1S/C27H30N2O6/c30-23(28-17-26(24(31)32)10-5-11-26)27(12-14-34-15-13-27)29-25(33)35-16-22-20-8-3-1-6-18(20)19-7-2-4-9-21(19)22/h1-4,6-9,22H,5,10-17H2,(H,28,30)(H,29,33)(H,31,32). The van der Waals surface area contributed by atoms with Gasteiger partial charge in [0.05, 0.1) is 5.41 Å². The Morgan fingerprint density at radius 3 is 2.09 bits per heavy atom. The zero-order valence-electron chi connectivity index (χ0n) is 19.5. The molecule has 3 aliphatic rings. The van der Waals surface area contributed by atoms with Gasteiger partial charge in [-0.3, -0.25) is 9.59 Å². The molecule has 1 saturated heterocycles. The summed E-state index contributed by atoms with van der Waals surface area (Å²) in [5.41, 5.74) is 2.40. The van der Waals surface area contributed by atoms with E-state index in [4.69, 9.17) is 9.47 Å². The van der Waals surface area contributed by atoms with E-state index in [9.17, 15) is 19.5 Å². The molecule has 2 aromatic carbocycles. The first-order valence-corrected chi connectivity index (χ1v) is 12.2. The van der Waals surface area contributed by atoms with Crippen molar-refractivity contribution in [3.8, 4) is 11.1 Å². The second-order valence-electron chi connectivity index (χ2n) is 9.77. The lowest BCUT2D eigenvalue weighted by Crippen LogP contribution is -2.63. The van der Waals surface area contributed by atoms with Crippen LogP contribution in [0.1, 0.15) is 49.1 Å². The third-order valence-corrected chi connectivity index (χ3v) is 7.82. The number of carboxylic acid groups (broad SMARTS) is 1. The number of aliphatic carboxylic acids is 1. The van der Waals surface area contributed by atoms with E-state index in [1.165, 1.54) is 0 Å². The van der Waals surface area contributed by atoms with Gasteiger partial charge in [-0.15, -0.1) is 0 Å². The van der Waals surface area contributed by atoms with Crippen LogP contribution in [0.15, 0.2) is 48.5 Å². The van der Waals surface area contributed by atoms with Crippen molar-refractivity contribution in [2.24, 2.45) is 5.41 Å². The molecule has 8 nitrogen and oxygen atoms in total. The van der Waals surface area contributed by atoms with Crippen LogP contribution in [-0.4, -0.2) is 55.0 Å². The second kappa shape index (κ2) is 9.34. The lowest BCUT2D eigenvalue weighted by atomic mass is 9.68. The number of carboxylic acids is 1. The van der Waals surface area contributed by atoms with Crippen LogP contribution in [0.4, 0.5) is 4.79 Å². The lowest BCUT2D eigenvalue weighted by molar-refractivity contribution is -0.154. The molecule has 1 aliphatic heterocycles. The number of amides is 2. The molecular formula is C27H30N2O6. The Hall–Kier alpha value is -3.39. The van der Waals surface area contributed by atoms with Gasteiger partial charge in [-0.1, -0.05) is 55.0 Å². The van der Waals surface area contributed by atoms with Crippen LogP contribution in [-0.2, 0) is 19.1 Å². The number of alkyl carbamates (subject to hydrolysis) is 1. The predicted octanol–water partition coefficient (Wildman–Crippen LogP) is 3.45. The molecule has 1 saturated carbocycles. The van der Waals surface area contributed by atoms with Crippen LogP contribution in [0, 0.1) is 5.41 Å². The Labute approximate surface area is 204 Å². The van der Waals surface area contributed by atoms with E-state index >= 15 is 0 Å². The van der Waals surface area contributed by atoms with Crippen molar-refractivity contribution >= 4 is 18.0 Å². The molecule has 2 fully saturated rings. The number of carbonyl (C=O) groups excluding carboxylic acids is 2. The van der Waals surface area contributed by atoms with Crippen LogP contribution in [0.5, 0.6) is 0 Å². The molecule has 184 valence electrons. The molecule has 2 aromatic rings. The molecular weight excluding hydrogens is 448 g/mol. The number of fused-ring (bicyclic) bond motifs is 3. The molecule has 1 heterocycles. The molecule has 0 spiro atoms. The van der Waals surface area contributed by atoms with Crippen molar-refractivity contribution in [2.45, 2.75) is 43.6 Å². The fourth-order valence-corrected chi connectivity index (χ4v) is 5.45. The van der Waals surface area contributed by atoms with Gasteiger partial charge in [-0.05, 0) is 35.1 Å². The van der Waals surface area contributed by atoms with Gasteiger partial charge in [-0.2, -0.15) is 0 Å². The van der Waals surface area contributed by atoms with E-state index < -0.39 is 23.0 Å². The molecule has 2 aliphatic carbocycles. The molecule has 3 N–H and O–H groups in total. The number of nitrogens with one attached hydrogen (secondary N) is 2. The van der Waals surface area contributed by atoms with E-state index in [-0.39, 0.29) is 25.0 Å². The Morgan fingerprint density at radius 2 is 1.54 bits per heavy atom. The highest BCUT2D eigenvalue weighted by molar-refractivity contribution is 5.90. The van der Waals surface area contributed by atoms with Gasteiger partial charge < -0.3 is 25.2 Å². The summed E-state index contributed by atoms with van der Waals surface area (Å²) in [7, 11) is 0. The highest BCUT2D eigenvalue weighted by atomic mass is 16.5. The van der Waals surface area contributed by atoms with Crippen LogP contribution >= 0.6 is 0 Å². The summed E-state index contributed by atoms with van der Waals surface area (Å²) in [4.78, 5) is 37.8. The SMILES string of the molecule is O=C(NC1(C(=O)NCC2(C(=O)O)CCC2)CCOCC1)OCC1c2ccccc2-c2ccccc21. The van der Waals surface area contributed by atoms with E-state index in [1.54, 1.807) is 0 Å². The van der Waals surface area contributed by atoms with E-state index in [1.807, 2.05) is 36.4 Å². The molecule has 35 heavy (non-hydrogen) atoms. The third-order valence-electron chi connectivity index (χ3n) is 7.82. The predicted molar refractivity (Wildman–Crippen MR) is 128 cm³/mol. The number of ether oxygens (including phenoxy) is 2. The minimum atomic E-state index is -1.19. The van der Waals surface area contributed by atoms with Gasteiger partial charge in [-0.25, -0.2) is 4.79 Å². The van der Waals surface area contributed by atoms with Crippen molar-refractivity contribution in [1.29, 1.82) is 0 Å². The first kappa shape index (κ1) is 23.4. The molecule has 0 aromatic heterocycles. The molecule has 0 unspecified atom stereocenters. The quantitative estimate of drug-likeness (QED) is 0.562. The monoisotopic (exact) mass is 478 g/mol. The second-order valence-corrected chi connectivity index (χ2v) is 9.77. The Kier molecular flexibility index (Phi) is 6.23. The number of hydrogen-bond donors (Lipinski definition) is 3. The fourth-order valence-electron chi connectivity index (χ4n) is 5.45. The van der Waals surface area contributed by atoms with Crippen molar-refractivity contribution in [1.82, 2.24) is 10.6 Å². The minimum absolute atomic E-state index is 0.0517. The smallest absolute Gasteiger partial charge is 0.408 e. The zero-order valence-corrected chi connectivity index (χ0v) is 19.5. The molecule has 0 bridgehead atoms. The van der Waals surface area contributed by atoms with Crippen LogP contribution < -0.4 is 10.6 Å². The van der Waals surface area contributed by atoms with Crippen molar-refractivity contribution in [3.63, 3.8) is 0 Å². The summed E-state index contributed by atoms with van der Waals surface area (Å²) in [6.45, 7) is 0.842. The van der Waals surface area contributed by atoms with Crippen molar-refractivity contribution in [2.75, 3.05) is 26.4 Å². The highest BCUT2D eigenvalue weighted by Crippen LogP contribution is 2.44. The molecule has 0 radical (unpaired) electrons. The topological polar surface area (TPSA) is 114 Å². The molecule has 2 amide bonds. The number of rotatable bonds is 7. The highest BCUT2D eigenvalue weighted by Gasteiger charge is 2.47. The van der Waals surface area contributed by atoms with Crippen molar-refractivity contribution < 1.29 is 29.0 Å². The Balaban J connectivity index is 1.26. The van der Waals surface area contributed by atoms with Gasteiger partial charge in [0.15, 0.2) is 0 Å². The average molecular weight is 479 g/mol. The Bertz CT molecular complexity index is 1090. The first-order chi connectivity index (χ1) is 16.9. The normalized spacial score (nSPS) is 19.5. The van der Waals surface area contributed by atoms with Crippen molar-refractivity contribution in [3.05, 3.63) is 59.7 Å². The summed E-state index contributed by atoms with van der Waals surface area (Å²) in [6, 6.07) is 16.2. The van der Waals surface area contributed by atoms with Gasteiger partial charge in [0.1, 0.15) is 12.1 Å². The molecule has 5 rings (SSSR count). The van der Waals surface area contributed by atoms with Gasteiger partial charge in [0.2, 0.25) is 5.91 Å². The lowest BCUT2D eigenvalue weighted by Gasteiger charge is -2.40. The van der Waals surface area contributed by atoms with E-state index in [2.05, 4.69) is 22.8 Å². The summed E-state index contributed by atoms with van der Waals surface area (Å²) in [5.74, 6) is -1.36. The number of carbonyl (C=O) groups is 3. The molecule has 0 atom stereocenters. The van der Waals surface area contributed by atoms with E-state index in [0.717, 1.165) is 28.7 Å². The fraction of sp³-hybridized carbons (Fsp3) is 0.444. The van der Waals surface area contributed by atoms with Crippen LogP contribution in [0.25, 0.3) is 11.1 Å². The first-order valence-electron chi connectivity index (χ1n) is 12.2. The largest absolute Gasteiger partial charge is 0.481 e. The maximum absolute atomic E-state index is 13.2. The van der Waals surface area contributed by atoms with Crippen LogP contribution in [0.2, 0.25) is 0 Å². The van der Waals surface area contributed by atoms with Gasteiger partial charge >= 0.3 is 12.1 Å². The summed E-state index contributed by atoms with van der Waals surface area (Å²) < 4.78 is 11.1. The minimum Gasteiger partial charge on any atom is -0.481 e. The number of benzene rings is 2. The summed E-state index contributed by atoms with van der Waals surface area (Å²) >= 11 is 0. The van der Waals surface area contributed by atoms with Crippen LogP contribution in [0.3, 0.4) is 0 Å². The zero-order chi connectivity index (χ0) is 24.5.